The van der Waals surface area contributed by atoms with Crippen LogP contribution in [-0.4, -0.2) is 16.5 Å². The van der Waals surface area contributed by atoms with E-state index in [4.69, 9.17) is 0 Å². The molecular weight excluding hydrogens is 248 g/mol. The first-order valence-corrected chi connectivity index (χ1v) is 7.14. The molecule has 0 saturated heterocycles. The van der Waals surface area contributed by atoms with Crippen LogP contribution in [0.4, 0.5) is 11.8 Å². The van der Waals surface area contributed by atoms with Crippen LogP contribution >= 0.6 is 0 Å². The molecule has 0 spiro atoms. The Bertz CT molecular complexity index is 522. The van der Waals surface area contributed by atoms with Crippen molar-refractivity contribution in [1.29, 1.82) is 0 Å². The van der Waals surface area contributed by atoms with Crippen molar-refractivity contribution in [2.24, 2.45) is 0 Å². The Balaban J connectivity index is 1.89. The fourth-order valence-electron chi connectivity index (χ4n) is 1.82. The molecule has 0 aliphatic rings. The second kappa shape index (κ2) is 7.48. The molecule has 4 nitrogen and oxygen atoms in total. The van der Waals surface area contributed by atoms with E-state index in [0.29, 0.717) is 5.95 Å². The number of hydrogen-bond acceptors (Lipinski definition) is 4. The third kappa shape index (κ3) is 4.53. The van der Waals surface area contributed by atoms with E-state index in [1.807, 2.05) is 6.07 Å². The number of anilines is 2. The van der Waals surface area contributed by atoms with Gasteiger partial charge in [-0.15, -0.1) is 0 Å². The van der Waals surface area contributed by atoms with E-state index < -0.39 is 0 Å². The third-order valence-corrected chi connectivity index (χ3v) is 3.06. The van der Waals surface area contributed by atoms with Gasteiger partial charge in [-0.25, -0.2) is 4.98 Å². The average molecular weight is 270 g/mol. The number of nitrogens with zero attached hydrogens (tertiary/aromatic N) is 2. The summed E-state index contributed by atoms with van der Waals surface area (Å²) in [5, 5.41) is 6.55. The number of unbranched alkanes of at least 4 members (excludes halogenated alkanes) is 1. The summed E-state index contributed by atoms with van der Waals surface area (Å²) in [5.41, 5.74) is 2.52. The zero-order valence-electron chi connectivity index (χ0n) is 12.2. The standard InChI is InChI=1S/C16H22N4/c1-3-4-10-17-16-18-11-9-15(20-16)19-12-14-7-5-13(2)6-8-14/h5-9,11H,3-4,10,12H2,1-2H3,(H2,17,18,19,20). The molecule has 1 aromatic heterocycles. The van der Waals surface area contributed by atoms with Gasteiger partial charge in [0.2, 0.25) is 5.95 Å². The smallest absolute Gasteiger partial charge is 0.224 e. The Morgan fingerprint density at radius 1 is 1.05 bits per heavy atom. The molecule has 0 radical (unpaired) electrons. The van der Waals surface area contributed by atoms with Crippen molar-refractivity contribution in [3.8, 4) is 0 Å². The largest absolute Gasteiger partial charge is 0.366 e. The van der Waals surface area contributed by atoms with Crippen molar-refractivity contribution in [3.63, 3.8) is 0 Å². The van der Waals surface area contributed by atoms with Gasteiger partial charge in [0.15, 0.2) is 0 Å². The first-order valence-electron chi connectivity index (χ1n) is 7.14. The summed E-state index contributed by atoms with van der Waals surface area (Å²) in [5.74, 6) is 1.53. The second-order valence-corrected chi connectivity index (χ2v) is 4.88. The van der Waals surface area contributed by atoms with Crippen LogP contribution in [0.5, 0.6) is 0 Å². The van der Waals surface area contributed by atoms with Gasteiger partial charge < -0.3 is 10.6 Å². The van der Waals surface area contributed by atoms with Gasteiger partial charge >= 0.3 is 0 Å². The molecule has 0 saturated carbocycles. The number of aromatic nitrogens is 2. The van der Waals surface area contributed by atoms with Gasteiger partial charge in [-0.05, 0) is 25.0 Å². The summed E-state index contributed by atoms with van der Waals surface area (Å²) in [7, 11) is 0. The minimum absolute atomic E-state index is 0.687. The fraction of sp³-hybridized carbons (Fsp3) is 0.375. The lowest BCUT2D eigenvalue weighted by Crippen LogP contribution is -2.07. The molecule has 2 rings (SSSR count). The van der Waals surface area contributed by atoms with Gasteiger partial charge in [0, 0.05) is 19.3 Å². The van der Waals surface area contributed by atoms with Gasteiger partial charge in [-0.1, -0.05) is 43.2 Å². The molecule has 0 aliphatic carbocycles. The molecule has 1 heterocycles. The zero-order valence-corrected chi connectivity index (χ0v) is 12.2. The molecule has 2 N–H and O–H groups in total. The van der Waals surface area contributed by atoms with Crippen molar-refractivity contribution < 1.29 is 0 Å². The molecule has 0 bridgehead atoms. The second-order valence-electron chi connectivity index (χ2n) is 4.88. The van der Waals surface area contributed by atoms with Crippen molar-refractivity contribution in [2.75, 3.05) is 17.2 Å². The van der Waals surface area contributed by atoms with Crippen molar-refractivity contribution in [2.45, 2.75) is 33.2 Å². The van der Waals surface area contributed by atoms with E-state index in [0.717, 1.165) is 25.3 Å². The van der Waals surface area contributed by atoms with Crippen LogP contribution in [0.25, 0.3) is 0 Å². The highest BCUT2D eigenvalue weighted by Crippen LogP contribution is 2.09. The van der Waals surface area contributed by atoms with Crippen LogP contribution in [0.3, 0.4) is 0 Å². The summed E-state index contributed by atoms with van der Waals surface area (Å²) in [6, 6.07) is 10.4. The third-order valence-electron chi connectivity index (χ3n) is 3.06. The molecule has 106 valence electrons. The van der Waals surface area contributed by atoms with Crippen LogP contribution in [0, 0.1) is 6.92 Å². The Morgan fingerprint density at radius 3 is 2.60 bits per heavy atom. The lowest BCUT2D eigenvalue weighted by molar-refractivity contribution is 0.826. The highest BCUT2D eigenvalue weighted by Gasteiger charge is 1.99. The van der Waals surface area contributed by atoms with E-state index in [-0.39, 0.29) is 0 Å². The van der Waals surface area contributed by atoms with Crippen LogP contribution in [0.2, 0.25) is 0 Å². The van der Waals surface area contributed by atoms with Gasteiger partial charge in [-0.2, -0.15) is 4.98 Å². The maximum atomic E-state index is 4.44. The predicted molar refractivity (Wildman–Crippen MR) is 83.9 cm³/mol. The molecule has 0 unspecified atom stereocenters. The van der Waals surface area contributed by atoms with Crippen molar-refractivity contribution in [1.82, 2.24) is 9.97 Å². The summed E-state index contributed by atoms with van der Waals surface area (Å²) in [4.78, 5) is 8.66. The fourth-order valence-corrected chi connectivity index (χ4v) is 1.82. The zero-order chi connectivity index (χ0) is 14.2. The highest BCUT2D eigenvalue weighted by molar-refractivity contribution is 5.40. The lowest BCUT2D eigenvalue weighted by Gasteiger charge is -2.08. The number of benzene rings is 1. The Kier molecular flexibility index (Phi) is 5.35. The van der Waals surface area contributed by atoms with Crippen LogP contribution in [0.15, 0.2) is 36.5 Å². The number of rotatable bonds is 7. The number of aryl methyl sites for hydroxylation is 1. The molecule has 20 heavy (non-hydrogen) atoms. The van der Waals surface area contributed by atoms with E-state index >= 15 is 0 Å². The molecule has 2 aromatic rings. The van der Waals surface area contributed by atoms with Crippen molar-refractivity contribution >= 4 is 11.8 Å². The Morgan fingerprint density at radius 2 is 1.85 bits per heavy atom. The Labute approximate surface area is 120 Å². The van der Waals surface area contributed by atoms with Crippen LogP contribution in [-0.2, 0) is 6.54 Å². The van der Waals surface area contributed by atoms with E-state index in [1.54, 1.807) is 6.20 Å². The summed E-state index contributed by atoms with van der Waals surface area (Å²) in [6.07, 6.45) is 4.07. The first-order chi connectivity index (χ1) is 9.78. The molecule has 0 amide bonds. The minimum Gasteiger partial charge on any atom is -0.366 e. The summed E-state index contributed by atoms with van der Waals surface area (Å²) in [6.45, 7) is 5.95. The monoisotopic (exact) mass is 270 g/mol. The van der Waals surface area contributed by atoms with Crippen LogP contribution < -0.4 is 10.6 Å². The molecule has 4 heteroatoms. The molecule has 0 fully saturated rings. The predicted octanol–water partition coefficient (Wildman–Crippen LogP) is 3.61. The molecular formula is C16H22N4. The van der Waals surface area contributed by atoms with Crippen LogP contribution in [0.1, 0.15) is 30.9 Å². The van der Waals surface area contributed by atoms with Gasteiger partial charge in [-0.3, -0.25) is 0 Å². The normalized spacial score (nSPS) is 10.3. The summed E-state index contributed by atoms with van der Waals surface area (Å²) >= 11 is 0. The topological polar surface area (TPSA) is 49.8 Å². The molecule has 0 atom stereocenters. The Hall–Kier alpha value is -2.10. The molecule has 1 aromatic carbocycles. The van der Waals surface area contributed by atoms with E-state index in [9.17, 15) is 0 Å². The van der Waals surface area contributed by atoms with E-state index in [2.05, 4.69) is 58.7 Å². The van der Waals surface area contributed by atoms with Crippen molar-refractivity contribution in [3.05, 3.63) is 47.7 Å². The maximum Gasteiger partial charge on any atom is 0.224 e. The van der Waals surface area contributed by atoms with Gasteiger partial charge in [0.05, 0.1) is 0 Å². The quantitative estimate of drug-likeness (QED) is 0.755. The van der Waals surface area contributed by atoms with Gasteiger partial charge in [0.1, 0.15) is 5.82 Å². The SMILES string of the molecule is CCCCNc1nccc(NCc2ccc(C)cc2)n1. The summed E-state index contributed by atoms with van der Waals surface area (Å²) < 4.78 is 0. The first kappa shape index (κ1) is 14.3. The maximum absolute atomic E-state index is 4.44. The van der Waals surface area contributed by atoms with E-state index in [1.165, 1.54) is 17.5 Å². The molecule has 0 aliphatic heterocycles. The average Bonchev–Trinajstić information content (AvgIpc) is 2.47. The number of nitrogens with one attached hydrogen (secondary N) is 2. The highest BCUT2D eigenvalue weighted by atomic mass is 15.1. The lowest BCUT2D eigenvalue weighted by atomic mass is 10.1. The minimum atomic E-state index is 0.687. The van der Waals surface area contributed by atoms with Gasteiger partial charge in [0.25, 0.3) is 0 Å². The number of hydrogen-bond donors (Lipinski definition) is 2.